The van der Waals surface area contributed by atoms with Crippen molar-refractivity contribution in [1.29, 1.82) is 0 Å². The largest absolute Gasteiger partial charge is 0.271 e. The molecule has 0 amide bonds. The van der Waals surface area contributed by atoms with Crippen LogP contribution in [0.4, 0.5) is 8.78 Å². The number of rotatable bonds is 3. The Morgan fingerprint density at radius 2 is 1.65 bits per heavy atom. The topological polar surface area (TPSA) is 50.9 Å². The fourth-order valence-electron chi connectivity index (χ4n) is 2.23. The Hall–Kier alpha value is -1.85. The standard InChI is InChI=1S/C15H17F2N3/c1-8-4-6-12(14(17)13(8)16)15(20-18)11-7-5-9(2)19-10(11)3/h4-7,15,20H,18H2,1-3H3. The van der Waals surface area contributed by atoms with E-state index in [1.807, 2.05) is 26.0 Å². The zero-order chi connectivity index (χ0) is 14.9. The van der Waals surface area contributed by atoms with Crippen molar-refractivity contribution in [3.8, 4) is 0 Å². The predicted molar refractivity (Wildman–Crippen MR) is 74.0 cm³/mol. The molecule has 1 heterocycles. The molecule has 0 spiro atoms. The third-order valence-electron chi connectivity index (χ3n) is 3.36. The van der Waals surface area contributed by atoms with Crippen molar-refractivity contribution in [2.24, 2.45) is 5.84 Å². The Kier molecular flexibility index (Phi) is 4.11. The smallest absolute Gasteiger partial charge is 0.164 e. The maximum absolute atomic E-state index is 14.1. The number of nitrogens with one attached hydrogen (secondary N) is 1. The molecule has 0 saturated heterocycles. The van der Waals surface area contributed by atoms with Gasteiger partial charge < -0.3 is 0 Å². The number of benzene rings is 1. The molecule has 106 valence electrons. The molecule has 0 aliphatic rings. The van der Waals surface area contributed by atoms with Gasteiger partial charge in [0, 0.05) is 17.0 Å². The van der Waals surface area contributed by atoms with E-state index in [4.69, 9.17) is 5.84 Å². The minimum absolute atomic E-state index is 0.171. The van der Waals surface area contributed by atoms with E-state index in [9.17, 15) is 8.78 Å². The number of nitrogens with two attached hydrogens (primary N) is 1. The van der Waals surface area contributed by atoms with Crippen LogP contribution in [0.1, 0.15) is 34.1 Å². The van der Waals surface area contributed by atoms with E-state index < -0.39 is 17.7 Å². The number of halogens is 2. The van der Waals surface area contributed by atoms with Crippen LogP contribution in [0.15, 0.2) is 24.3 Å². The summed E-state index contributed by atoms with van der Waals surface area (Å²) >= 11 is 0. The third kappa shape index (κ3) is 2.55. The highest BCUT2D eigenvalue weighted by Crippen LogP contribution is 2.28. The number of hydrogen-bond donors (Lipinski definition) is 2. The number of aromatic nitrogens is 1. The molecule has 1 aromatic heterocycles. The van der Waals surface area contributed by atoms with Gasteiger partial charge in [-0.05, 0) is 38.0 Å². The second kappa shape index (κ2) is 5.64. The maximum Gasteiger partial charge on any atom is 0.164 e. The van der Waals surface area contributed by atoms with Crippen LogP contribution in [0.25, 0.3) is 0 Å². The van der Waals surface area contributed by atoms with Crippen LogP contribution in [0, 0.1) is 32.4 Å². The average Bonchev–Trinajstić information content (AvgIpc) is 2.41. The quantitative estimate of drug-likeness (QED) is 0.670. The van der Waals surface area contributed by atoms with Gasteiger partial charge in [-0.2, -0.15) is 0 Å². The molecule has 5 heteroatoms. The third-order valence-corrected chi connectivity index (χ3v) is 3.36. The number of aryl methyl sites for hydroxylation is 3. The SMILES string of the molecule is Cc1ccc(C(NN)c2ccc(C)c(F)c2F)c(C)n1. The maximum atomic E-state index is 14.1. The van der Waals surface area contributed by atoms with Gasteiger partial charge in [0.2, 0.25) is 0 Å². The van der Waals surface area contributed by atoms with Gasteiger partial charge in [-0.15, -0.1) is 0 Å². The van der Waals surface area contributed by atoms with Crippen LogP contribution in [0.5, 0.6) is 0 Å². The zero-order valence-corrected chi connectivity index (χ0v) is 11.7. The van der Waals surface area contributed by atoms with E-state index >= 15 is 0 Å². The van der Waals surface area contributed by atoms with E-state index in [2.05, 4.69) is 10.4 Å². The minimum atomic E-state index is -0.882. The van der Waals surface area contributed by atoms with Crippen molar-refractivity contribution in [2.45, 2.75) is 26.8 Å². The molecular weight excluding hydrogens is 260 g/mol. The molecular formula is C15H17F2N3. The molecule has 0 aliphatic heterocycles. The van der Waals surface area contributed by atoms with E-state index in [1.165, 1.54) is 19.1 Å². The van der Waals surface area contributed by atoms with Gasteiger partial charge in [-0.25, -0.2) is 14.2 Å². The molecule has 0 aliphatic carbocycles. The Morgan fingerprint density at radius 1 is 1.00 bits per heavy atom. The lowest BCUT2D eigenvalue weighted by Gasteiger charge is -2.20. The van der Waals surface area contributed by atoms with E-state index in [-0.39, 0.29) is 11.1 Å². The number of nitrogens with zero attached hydrogens (tertiary/aromatic N) is 1. The first-order valence-corrected chi connectivity index (χ1v) is 6.30. The van der Waals surface area contributed by atoms with Crippen molar-refractivity contribution in [2.75, 3.05) is 0 Å². The fraction of sp³-hybridized carbons (Fsp3) is 0.267. The Labute approximate surface area is 116 Å². The summed E-state index contributed by atoms with van der Waals surface area (Å²) in [4.78, 5) is 4.33. The molecule has 1 atom stereocenters. The monoisotopic (exact) mass is 277 g/mol. The summed E-state index contributed by atoms with van der Waals surface area (Å²) in [5.74, 6) is 3.81. The first-order valence-electron chi connectivity index (χ1n) is 6.30. The molecule has 0 bridgehead atoms. The molecule has 1 unspecified atom stereocenters. The van der Waals surface area contributed by atoms with Crippen molar-refractivity contribution in [3.05, 3.63) is 64.0 Å². The summed E-state index contributed by atoms with van der Waals surface area (Å²) in [7, 11) is 0. The first-order chi connectivity index (χ1) is 9.45. The van der Waals surface area contributed by atoms with Crippen molar-refractivity contribution < 1.29 is 8.78 Å². The summed E-state index contributed by atoms with van der Waals surface area (Å²) in [6.45, 7) is 5.20. The van der Waals surface area contributed by atoms with Crippen molar-refractivity contribution in [3.63, 3.8) is 0 Å². The molecule has 20 heavy (non-hydrogen) atoms. The number of pyridine rings is 1. The Morgan fingerprint density at radius 3 is 2.25 bits per heavy atom. The van der Waals surface area contributed by atoms with Crippen LogP contribution >= 0.6 is 0 Å². The second-order valence-electron chi connectivity index (χ2n) is 4.83. The van der Waals surface area contributed by atoms with Gasteiger partial charge in [0.15, 0.2) is 11.6 Å². The predicted octanol–water partition coefficient (Wildman–Crippen LogP) is 2.84. The Bertz CT molecular complexity index is 641. The fourth-order valence-corrected chi connectivity index (χ4v) is 2.23. The van der Waals surface area contributed by atoms with Gasteiger partial charge in [0.1, 0.15) is 0 Å². The summed E-state index contributed by atoms with van der Waals surface area (Å²) < 4.78 is 27.8. The molecule has 0 radical (unpaired) electrons. The van der Waals surface area contributed by atoms with Gasteiger partial charge in [-0.3, -0.25) is 10.8 Å². The average molecular weight is 277 g/mol. The number of hydrogen-bond acceptors (Lipinski definition) is 3. The first kappa shape index (κ1) is 14.6. The van der Waals surface area contributed by atoms with E-state index in [1.54, 1.807) is 0 Å². The zero-order valence-electron chi connectivity index (χ0n) is 11.7. The van der Waals surface area contributed by atoms with Crippen LogP contribution < -0.4 is 11.3 Å². The van der Waals surface area contributed by atoms with Crippen LogP contribution in [-0.2, 0) is 0 Å². The van der Waals surface area contributed by atoms with Crippen molar-refractivity contribution >= 4 is 0 Å². The lowest BCUT2D eigenvalue weighted by Crippen LogP contribution is -2.30. The summed E-state index contributed by atoms with van der Waals surface area (Å²) in [5.41, 5.74) is 5.28. The molecule has 0 fully saturated rings. The highest BCUT2D eigenvalue weighted by Gasteiger charge is 2.22. The van der Waals surface area contributed by atoms with Gasteiger partial charge in [-0.1, -0.05) is 18.2 Å². The van der Waals surface area contributed by atoms with Crippen LogP contribution in [0.2, 0.25) is 0 Å². The number of hydrazine groups is 1. The summed E-state index contributed by atoms with van der Waals surface area (Å²) in [6, 6.07) is 6.07. The summed E-state index contributed by atoms with van der Waals surface area (Å²) in [6.07, 6.45) is 0. The van der Waals surface area contributed by atoms with E-state index in [0.717, 1.165) is 17.0 Å². The van der Waals surface area contributed by atoms with Crippen molar-refractivity contribution in [1.82, 2.24) is 10.4 Å². The lowest BCUT2D eigenvalue weighted by atomic mass is 9.96. The molecule has 2 rings (SSSR count). The molecule has 3 N–H and O–H groups in total. The van der Waals surface area contributed by atoms with E-state index in [0.29, 0.717) is 0 Å². The normalized spacial score (nSPS) is 12.5. The minimum Gasteiger partial charge on any atom is -0.271 e. The molecule has 3 nitrogen and oxygen atoms in total. The van der Waals surface area contributed by atoms with Gasteiger partial charge in [0.05, 0.1) is 6.04 Å². The highest BCUT2D eigenvalue weighted by molar-refractivity contribution is 5.37. The molecule has 1 aromatic carbocycles. The molecule has 2 aromatic rings. The van der Waals surface area contributed by atoms with Crippen LogP contribution in [-0.4, -0.2) is 4.98 Å². The van der Waals surface area contributed by atoms with Crippen LogP contribution in [0.3, 0.4) is 0 Å². The lowest BCUT2D eigenvalue weighted by molar-refractivity contribution is 0.478. The molecule has 0 saturated carbocycles. The van der Waals surface area contributed by atoms with Gasteiger partial charge in [0.25, 0.3) is 0 Å². The highest BCUT2D eigenvalue weighted by atomic mass is 19.2. The second-order valence-corrected chi connectivity index (χ2v) is 4.83. The van der Waals surface area contributed by atoms with Gasteiger partial charge >= 0.3 is 0 Å². The summed E-state index contributed by atoms with van der Waals surface area (Å²) in [5, 5.41) is 0. The Balaban J connectivity index is 2.55.